The van der Waals surface area contributed by atoms with Gasteiger partial charge in [-0.05, 0) is 42.3 Å². The number of Topliss-reactive ketones (excluding diaryl/α,β-unsaturated/α-hetero) is 1. The molecule has 0 heterocycles. The summed E-state index contributed by atoms with van der Waals surface area (Å²) < 4.78 is 22.6. The number of sulfone groups is 1. The summed E-state index contributed by atoms with van der Waals surface area (Å²) in [4.78, 5) is 12.0. The third-order valence-electron chi connectivity index (χ3n) is 2.71. The molecule has 0 amide bonds. The molecule has 0 saturated heterocycles. The summed E-state index contributed by atoms with van der Waals surface area (Å²) in [7, 11) is -3.24. The highest BCUT2D eigenvalue weighted by Gasteiger charge is 2.05. The third kappa shape index (κ3) is 3.94. The lowest BCUT2D eigenvalue weighted by Crippen LogP contribution is -1.96. The minimum atomic E-state index is -3.24. The summed E-state index contributed by atoms with van der Waals surface area (Å²) >= 11 is 0. The minimum Gasteiger partial charge on any atom is -0.508 e. The van der Waals surface area contributed by atoms with Crippen molar-refractivity contribution in [3.05, 3.63) is 59.7 Å². The molecule has 0 spiro atoms. The SMILES string of the molecule is CS(=O)(=O)c1ccc(C#CC(=O)c2cccc(O)c2)cc1. The third-order valence-corrected chi connectivity index (χ3v) is 3.84. The Balaban J connectivity index is 2.21. The van der Waals surface area contributed by atoms with Crippen LogP contribution in [0.2, 0.25) is 0 Å². The van der Waals surface area contributed by atoms with Gasteiger partial charge in [-0.2, -0.15) is 0 Å². The van der Waals surface area contributed by atoms with E-state index in [9.17, 15) is 18.3 Å². The molecule has 2 rings (SSSR count). The molecular formula is C16H12O4S. The number of aromatic hydroxyl groups is 1. The molecule has 0 fully saturated rings. The fourth-order valence-corrected chi connectivity index (χ4v) is 2.26. The maximum atomic E-state index is 11.8. The largest absolute Gasteiger partial charge is 0.508 e. The van der Waals surface area contributed by atoms with Crippen molar-refractivity contribution in [2.24, 2.45) is 0 Å². The van der Waals surface area contributed by atoms with Gasteiger partial charge in [0.05, 0.1) is 4.90 Å². The number of carbonyl (C=O) groups excluding carboxylic acids is 1. The summed E-state index contributed by atoms with van der Waals surface area (Å²) in [5.74, 6) is 4.70. The molecule has 106 valence electrons. The van der Waals surface area contributed by atoms with Crippen molar-refractivity contribution in [2.45, 2.75) is 4.90 Å². The van der Waals surface area contributed by atoms with E-state index in [2.05, 4.69) is 11.8 Å². The lowest BCUT2D eigenvalue weighted by Gasteiger charge is -1.97. The van der Waals surface area contributed by atoms with Gasteiger partial charge in [0.15, 0.2) is 9.84 Å². The van der Waals surface area contributed by atoms with Gasteiger partial charge in [-0.3, -0.25) is 4.79 Å². The maximum absolute atomic E-state index is 11.8. The fourth-order valence-electron chi connectivity index (χ4n) is 1.63. The Kier molecular flexibility index (Phi) is 4.10. The van der Waals surface area contributed by atoms with Crippen LogP contribution >= 0.6 is 0 Å². The molecule has 0 radical (unpaired) electrons. The zero-order chi connectivity index (χ0) is 15.5. The second-order valence-electron chi connectivity index (χ2n) is 4.43. The molecule has 21 heavy (non-hydrogen) atoms. The molecule has 0 aliphatic heterocycles. The normalized spacial score (nSPS) is 10.5. The van der Waals surface area contributed by atoms with Crippen LogP contribution < -0.4 is 0 Å². The van der Waals surface area contributed by atoms with Gasteiger partial charge in [-0.25, -0.2) is 8.42 Å². The Morgan fingerprint density at radius 1 is 1.10 bits per heavy atom. The van der Waals surface area contributed by atoms with Crippen LogP contribution in [0.4, 0.5) is 0 Å². The number of benzene rings is 2. The van der Waals surface area contributed by atoms with E-state index in [1.54, 1.807) is 24.3 Å². The summed E-state index contributed by atoms with van der Waals surface area (Å²) in [6.07, 6.45) is 1.12. The monoisotopic (exact) mass is 300 g/mol. The molecule has 2 aromatic carbocycles. The first-order chi connectivity index (χ1) is 9.86. The Labute approximate surface area is 123 Å². The highest BCUT2D eigenvalue weighted by molar-refractivity contribution is 7.90. The van der Waals surface area contributed by atoms with Gasteiger partial charge in [0.25, 0.3) is 0 Å². The lowest BCUT2D eigenvalue weighted by atomic mass is 10.1. The number of rotatable bonds is 2. The lowest BCUT2D eigenvalue weighted by molar-refractivity contribution is 0.105. The van der Waals surface area contributed by atoms with Crippen LogP contribution in [0, 0.1) is 11.8 Å². The molecule has 0 aromatic heterocycles. The number of phenolic OH excluding ortho intramolecular Hbond substituents is 1. The average molecular weight is 300 g/mol. The molecular weight excluding hydrogens is 288 g/mol. The first-order valence-electron chi connectivity index (χ1n) is 6.02. The quantitative estimate of drug-likeness (QED) is 0.680. The second kappa shape index (κ2) is 5.81. The molecule has 0 aliphatic rings. The average Bonchev–Trinajstić information content (AvgIpc) is 2.44. The number of ketones is 1. The summed E-state index contributed by atoms with van der Waals surface area (Å²) in [5.41, 5.74) is 0.839. The maximum Gasteiger partial charge on any atom is 0.236 e. The van der Waals surface area contributed by atoms with Crippen LogP contribution in [0.5, 0.6) is 5.75 Å². The van der Waals surface area contributed by atoms with E-state index < -0.39 is 15.6 Å². The Hall–Kier alpha value is -2.58. The molecule has 0 atom stereocenters. The van der Waals surface area contributed by atoms with E-state index in [1.807, 2.05) is 0 Å². The van der Waals surface area contributed by atoms with Gasteiger partial charge in [-0.1, -0.05) is 18.1 Å². The molecule has 0 unspecified atom stereocenters. The standard InChI is InChI=1S/C16H12O4S/c1-21(19,20)15-8-5-12(6-9-15)7-10-16(18)13-3-2-4-14(17)11-13/h2-6,8-9,11,17H,1H3. The van der Waals surface area contributed by atoms with Crippen LogP contribution in [0.1, 0.15) is 15.9 Å². The Bertz CT molecular complexity index is 838. The summed E-state index contributed by atoms with van der Waals surface area (Å²) in [6.45, 7) is 0. The van der Waals surface area contributed by atoms with Crippen LogP contribution in [-0.2, 0) is 9.84 Å². The molecule has 5 heteroatoms. The van der Waals surface area contributed by atoms with E-state index >= 15 is 0 Å². The van der Waals surface area contributed by atoms with Crippen molar-refractivity contribution in [1.82, 2.24) is 0 Å². The Morgan fingerprint density at radius 2 is 1.76 bits per heavy atom. The predicted octanol–water partition coefficient (Wildman–Crippen LogP) is 2.03. The van der Waals surface area contributed by atoms with Crippen LogP contribution in [0.25, 0.3) is 0 Å². The fraction of sp³-hybridized carbons (Fsp3) is 0.0625. The molecule has 2 aromatic rings. The van der Waals surface area contributed by atoms with Gasteiger partial charge in [-0.15, -0.1) is 0 Å². The van der Waals surface area contributed by atoms with Gasteiger partial charge in [0, 0.05) is 17.4 Å². The number of hydrogen-bond acceptors (Lipinski definition) is 4. The van der Waals surface area contributed by atoms with Gasteiger partial charge >= 0.3 is 0 Å². The topological polar surface area (TPSA) is 71.4 Å². The van der Waals surface area contributed by atoms with Gasteiger partial charge < -0.3 is 5.11 Å². The predicted molar refractivity (Wildman–Crippen MR) is 78.9 cm³/mol. The molecule has 1 N–H and O–H groups in total. The first kappa shape index (κ1) is 14.8. The molecule has 0 bridgehead atoms. The van der Waals surface area contributed by atoms with Gasteiger partial charge in [0.1, 0.15) is 5.75 Å². The van der Waals surface area contributed by atoms with Crippen molar-refractivity contribution in [3.8, 4) is 17.6 Å². The van der Waals surface area contributed by atoms with E-state index in [1.165, 1.54) is 24.3 Å². The van der Waals surface area contributed by atoms with Crippen molar-refractivity contribution in [1.29, 1.82) is 0 Å². The molecule has 0 aliphatic carbocycles. The van der Waals surface area contributed by atoms with Crippen molar-refractivity contribution in [3.63, 3.8) is 0 Å². The molecule has 0 saturated carbocycles. The summed E-state index contributed by atoms with van der Waals surface area (Å²) in [5, 5.41) is 9.30. The molecule has 4 nitrogen and oxygen atoms in total. The zero-order valence-corrected chi connectivity index (χ0v) is 12.0. The van der Waals surface area contributed by atoms with Crippen LogP contribution in [0.3, 0.4) is 0 Å². The zero-order valence-electron chi connectivity index (χ0n) is 11.2. The first-order valence-corrected chi connectivity index (χ1v) is 7.91. The van der Waals surface area contributed by atoms with Crippen LogP contribution in [0.15, 0.2) is 53.4 Å². The highest BCUT2D eigenvalue weighted by Crippen LogP contribution is 2.12. The van der Waals surface area contributed by atoms with Crippen molar-refractivity contribution in [2.75, 3.05) is 6.26 Å². The van der Waals surface area contributed by atoms with Crippen LogP contribution in [-0.4, -0.2) is 25.6 Å². The van der Waals surface area contributed by atoms with Crippen molar-refractivity contribution >= 4 is 15.6 Å². The number of hydrogen-bond donors (Lipinski definition) is 1. The second-order valence-corrected chi connectivity index (χ2v) is 6.44. The van der Waals surface area contributed by atoms with E-state index in [-0.39, 0.29) is 10.6 Å². The van der Waals surface area contributed by atoms with Crippen molar-refractivity contribution < 1.29 is 18.3 Å². The number of phenols is 1. The van der Waals surface area contributed by atoms with E-state index in [0.29, 0.717) is 11.1 Å². The summed E-state index contributed by atoms with van der Waals surface area (Å²) in [6, 6.07) is 11.9. The van der Waals surface area contributed by atoms with E-state index in [0.717, 1.165) is 6.26 Å². The number of carbonyl (C=O) groups is 1. The highest BCUT2D eigenvalue weighted by atomic mass is 32.2. The minimum absolute atomic E-state index is 0.000144. The van der Waals surface area contributed by atoms with Gasteiger partial charge in [0.2, 0.25) is 5.78 Å². The Morgan fingerprint density at radius 3 is 2.33 bits per heavy atom. The smallest absolute Gasteiger partial charge is 0.236 e. The van der Waals surface area contributed by atoms with E-state index in [4.69, 9.17) is 0 Å².